The Bertz CT molecular complexity index is 611. The number of aromatic nitrogens is 1. The molecular weight excluding hydrogens is 322 g/mol. The van der Waals surface area contributed by atoms with E-state index in [4.69, 9.17) is 4.74 Å². The first-order chi connectivity index (χ1) is 9.58. The summed E-state index contributed by atoms with van der Waals surface area (Å²) in [7, 11) is 0. The molecule has 0 aliphatic heterocycles. The van der Waals surface area contributed by atoms with Crippen LogP contribution in [0, 0.1) is 0 Å². The van der Waals surface area contributed by atoms with Crippen molar-refractivity contribution < 1.29 is 14.3 Å². The van der Waals surface area contributed by atoms with Crippen LogP contribution in [0.1, 0.15) is 27.6 Å². The van der Waals surface area contributed by atoms with E-state index in [1.54, 1.807) is 49.5 Å². The molecule has 0 saturated heterocycles. The number of hydrogen-bond acceptors (Lipinski definition) is 4. The minimum Gasteiger partial charge on any atom is -0.451 e. The molecule has 5 heteroatoms. The third-order valence-electron chi connectivity index (χ3n) is 2.68. The topological polar surface area (TPSA) is 56.3 Å². The molecule has 0 aliphatic carbocycles. The number of hydrogen-bond donors (Lipinski definition) is 0. The highest BCUT2D eigenvalue weighted by atomic mass is 79.9. The van der Waals surface area contributed by atoms with Gasteiger partial charge in [0, 0.05) is 22.4 Å². The Morgan fingerprint density at radius 3 is 2.45 bits per heavy atom. The molecule has 1 atom stereocenters. The number of ketones is 1. The lowest BCUT2D eigenvalue weighted by Crippen LogP contribution is -2.24. The molecule has 0 amide bonds. The molecule has 2 rings (SSSR count). The SMILES string of the molecule is C[C@@H](OC(=O)c1cccnc1)C(=O)c1ccc(Br)cc1. The van der Waals surface area contributed by atoms with Crippen molar-refractivity contribution in [1.29, 1.82) is 0 Å². The minimum absolute atomic E-state index is 0.241. The first kappa shape index (κ1) is 14.4. The highest BCUT2D eigenvalue weighted by molar-refractivity contribution is 9.10. The highest BCUT2D eigenvalue weighted by Crippen LogP contribution is 2.13. The van der Waals surface area contributed by atoms with Crippen LogP contribution in [0.15, 0.2) is 53.3 Å². The zero-order valence-electron chi connectivity index (χ0n) is 10.7. The summed E-state index contributed by atoms with van der Waals surface area (Å²) in [6.45, 7) is 1.55. The molecule has 4 nitrogen and oxygen atoms in total. The lowest BCUT2D eigenvalue weighted by atomic mass is 10.1. The maximum Gasteiger partial charge on any atom is 0.340 e. The predicted molar refractivity (Wildman–Crippen MR) is 77.6 cm³/mol. The molecule has 1 aromatic carbocycles. The van der Waals surface area contributed by atoms with E-state index >= 15 is 0 Å². The maximum atomic E-state index is 12.1. The van der Waals surface area contributed by atoms with Crippen molar-refractivity contribution in [3.05, 3.63) is 64.4 Å². The molecule has 102 valence electrons. The molecule has 1 aromatic heterocycles. The van der Waals surface area contributed by atoms with Crippen molar-refractivity contribution in [3.63, 3.8) is 0 Å². The van der Waals surface area contributed by atoms with E-state index in [2.05, 4.69) is 20.9 Å². The second-order valence-corrected chi connectivity index (χ2v) is 5.08. The summed E-state index contributed by atoms with van der Waals surface area (Å²) in [5.74, 6) is -0.800. The number of nitrogens with zero attached hydrogens (tertiary/aromatic N) is 1. The predicted octanol–water partition coefficient (Wildman–Crippen LogP) is 3.27. The van der Waals surface area contributed by atoms with Gasteiger partial charge in [-0.25, -0.2) is 4.79 Å². The van der Waals surface area contributed by atoms with Gasteiger partial charge in [0.05, 0.1) is 5.56 Å². The Labute approximate surface area is 124 Å². The molecule has 0 bridgehead atoms. The molecule has 0 spiro atoms. The molecule has 2 aromatic rings. The first-order valence-corrected chi connectivity index (χ1v) is 6.78. The number of halogens is 1. The molecule has 0 aliphatic rings. The number of benzene rings is 1. The van der Waals surface area contributed by atoms with Crippen LogP contribution in [0.4, 0.5) is 0 Å². The highest BCUT2D eigenvalue weighted by Gasteiger charge is 2.20. The molecule has 0 saturated carbocycles. The fraction of sp³-hybridized carbons (Fsp3) is 0.133. The van der Waals surface area contributed by atoms with Crippen LogP contribution in [0.25, 0.3) is 0 Å². The van der Waals surface area contributed by atoms with Gasteiger partial charge in [-0.3, -0.25) is 9.78 Å². The standard InChI is InChI=1S/C15H12BrNO3/c1-10(14(18)11-4-6-13(16)7-5-11)20-15(19)12-3-2-8-17-9-12/h2-10H,1H3/t10-/m1/s1. The van der Waals surface area contributed by atoms with E-state index in [9.17, 15) is 9.59 Å². The van der Waals surface area contributed by atoms with E-state index in [1.807, 2.05) is 0 Å². The monoisotopic (exact) mass is 333 g/mol. The van der Waals surface area contributed by atoms with Crippen LogP contribution < -0.4 is 0 Å². The van der Waals surface area contributed by atoms with E-state index in [0.29, 0.717) is 11.1 Å². The Morgan fingerprint density at radius 2 is 1.85 bits per heavy atom. The number of rotatable bonds is 4. The summed E-state index contributed by atoms with van der Waals surface area (Å²) in [5, 5.41) is 0. The number of pyridine rings is 1. The fourth-order valence-corrected chi connectivity index (χ4v) is 1.88. The zero-order chi connectivity index (χ0) is 14.5. The number of esters is 1. The second kappa shape index (κ2) is 6.43. The Kier molecular flexibility index (Phi) is 4.63. The van der Waals surface area contributed by atoms with Gasteiger partial charge in [-0.15, -0.1) is 0 Å². The van der Waals surface area contributed by atoms with Crippen molar-refractivity contribution in [2.45, 2.75) is 13.0 Å². The molecule has 0 fully saturated rings. The summed E-state index contributed by atoms with van der Waals surface area (Å²) >= 11 is 3.30. The quantitative estimate of drug-likeness (QED) is 0.636. The van der Waals surface area contributed by atoms with Crippen molar-refractivity contribution in [2.24, 2.45) is 0 Å². The van der Waals surface area contributed by atoms with E-state index in [-0.39, 0.29) is 5.78 Å². The first-order valence-electron chi connectivity index (χ1n) is 5.98. The third-order valence-corrected chi connectivity index (χ3v) is 3.21. The summed E-state index contributed by atoms with van der Waals surface area (Å²) in [4.78, 5) is 27.8. The van der Waals surface area contributed by atoms with Gasteiger partial charge >= 0.3 is 5.97 Å². The van der Waals surface area contributed by atoms with E-state index in [0.717, 1.165) is 4.47 Å². The van der Waals surface area contributed by atoms with Gasteiger partial charge in [0.2, 0.25) is 5.78 Å². The van der Waals surface area contributed by atoms with Crippen LogP contribution in [-0.2, 0) is 4.74 Å². The zero-order valence-corrected chi connectivity index (χ0v) is 12.3. The van der Waals surface area contributed by atoms with Gasteiger partial charge in [0.25, 0.3) is 0 Å². The van der Waals surface area contributed by atoms with Gasteiger partial charge < -0.3 is 4.74 Å². The molecule has 0 unspecified atom stereocenters. The van der Waals surface area contributed by atoms with Crippen LogP contribution >= 0.6 is 15.9 Å². The third kappa shape index (κ3) is 3.51. The maximum absolute atomic E-state index is 12.1. The fourth-order valence-electron chi connectivity index (χ4n) is 1.61. The Balaban J connectivity index is 2.05. The smallest absolute Gasteiger partial charge is 0.340 e. The number of ether oxygens (including phenoxy) is 1. The summed E-state index contributed by atoms with van der Waals surface area (Å²) in [6, 6.07) is 10.1. The Morgan fingerprint density at radius 1 is 1.15 bits per heavy atom. The number of Topliss-reactive ketones (excluding diaryl/α,β-unsaturated/α-hetero) is 1. The van der Waals surface area contributed by atoms with Crippen LogP contribution in [0.5, 0.6) is 0 Å². The molecule has 0 radical (unpaired) electrons. The van der Waals surface area contributed by atoms with Crippen molar-refractivity contribution in [2.75, 3.05) is 0 Å². The lowest BCUT2D eigenvalue weighted by Gasteiger charge is -2.12. The average Bonchev–Trinajstić information content (AvgIpc) is 2.48. The largest absolute Gasteiger partial charge is 0.451 e. The summed E-state index contributed by atoms with van der Waals surface area (Å²) < 4.78 is 6.03. The normalized spacial score (nSPS) is 11.7. The second-order valence-electron chi connectivity index (χ2n) is 4.16. The van der Waals surface area contributed by atoms with Gasteiger partial charge in [-0.2, -0.15) is 0 Å². The average molecular weight is 334 g/mol. The molecule has 20 heavy (non-hydrogen) atoms. The van der Waals surface area contributed by atoms with Crippen LogP contribution in [-0.4, -0.2) is 22.8 Å². The number of carbonyl (C=O) groups excluding carboxylic acids is 2. The minimum atomic E-state index is -0.844. The van der Waals surface area contributed by atoms with Crippen molar-refractivity contribution in [3.8, 4) is 0 Å². The molecule has 0 N–H and O–H groups in total. The van der Waals surface area contributed by atoms with E-state index < -0.39 is 12.1 Å². The number of carbonyl (C=O) groups is 2. The summed E-state index contributed by atoms with van der Waals surface area (Å²) in [5.41, 5.74) is 0.822. The van der Waals surface area contributed by atoms with Gasteiger partial charge in [0.1, 0.15) is 0 Å². The van der Waals surface area contributed by atoms with E-state index in [1.165, 1.54) is 6.20 Å². The van der Waals surface area contributed by atoms with Crippen LogP contribution in [0.2, 0.25) is 0 Å². The van der Waals surface area contributed by atoms with Crippen molar-refractivity contribution in [1.82, 2.24) is 4.98 Å². The lowest BCUT2D eigenvalue weighted by molar-refractivity contribution is 0.0318. The molecular formula is C15H12BrNO3. The molecule has 1 heterocycles. The van der Waals surface area contributed by atoms with Gasteiger partial charge in [-0.05, 0) is 31.2 Å². The van der Waals surface area contributed by atoms with Crippen molar-refractivity contribution >= 4 is 27.7 Å². The summed E-state index contributed by atoms with van der Waals surface area (Å²) in [6.07, 6.45) is 2.12. The van der Waals surface area contributed by atoms with Gasteiger partial charge in [-0.1, -0.05) is 28.1 Å². The van der Waals surface area contributed by atoms with Gasteiger partial charge in [0.15, 0.2) is 6.10 Å². The Hall–Kier alpha value is -2.01. The van der Waals surface area contributed by atoms with Crippen LogP contribution in [0.3, 0.4) is 0 Å².